The van der Waals surface area contributed by atoms with Gasteiger partial charge in [0.05, 0.1) is 5.48 Å². The van der Waals surface area contributed by atoms with Crippen LogP contribution in [0.1, 0.15) is 16.6 Å². The molecule has 0 radical (unpaired) electrons. The Bertz CT molecular complexity index is 2590. The maximum atomic E-state index is 9.31. The van der Waals surface area contributed by atoms with Gasteiger partial charge in [-0.25, -0.2) is 0 Å². The van der Waals surface area contributed by atoms with E-state index < -0.39 is 0 Å². The fraction of sp³-hybridized carbons (Fsp3) is 0. The van der Waals surface area contributed by atoms with Gasteiger partial charge >= 0.3 is 0 Å². The molecule has 0 unspecified atom stereocenters. The summed E-state index contributed by atoms with van der Waals surface area (Å²) in [7, 11) is 0. The fourth-order valence-electron chi connectivity index (χ4n) is 6.56. The highest BCUT2D eigenvalue weighted by molar-refractivity contribution is 6.22. The third kappa shape index (κ3) is 4.32. The second-order valence-electron chi connectivity index (χ2n) is 11.0. The molecule has 1 heterocycles. The van der Waals surface area contributed by atoms with Gasteiger partial charge in [-0.05, 0) is 73.0 Å². The maximum absolute atomic E-state index is 9.31. The Morgan fingerprint density at radius 3 is 1.64 bits per heavy atom. The van der Waals surface area contributed by atoms with Gasteiger partial charge in [0.2, 0.25) is 0 Å². The third-order valence-electron chi connectivity index (χ3n) is 8.52. The summed E-state index contributed by atoms with van der Waals surface area (Å²) in [6.07, 6.45) is 3.56. The molecule has 8 rings (SSSR count). The van der Waals surface area contributed by atoms with Crippen LogP contribution >= 0.6 is 0 Å². The lowest BCUT2D eigenvalue weighted by atomic mass is 9.80. The molecule has 1 nitrogen and oxygen atoms in total. The fourth-order valence-corrected chi connectivity index (χ4v) is 6.56. The summed E-state index contributed by atoms with van der Waals surface area (Å²) in [4.78, 5) is 0. The molecule has 0 amide bonds. The summed E-state index contributed by atoms with van der Waals surface area (Å²) < 4.78 is 43.2. The first-order valence-electron chi connectivity index (χ1n) is 16.9. The van der Waals surface area contributed by atoms with Crippen LogP contribution in [-0.4, -0.2) is 0 Å². The first kappa shape index (κ1) is 22.6. The Hall–Kier alpha value is -5.92. The minimum atomic E-state index is -0.108. The molecule has 0 spiro atoms. The molecule has 7 aromatic carbocycles. The van der Waals surface area contributed by atoms with Gasteiger partial charge in [-0.1, -0.05) is 159 Å². The van der Waals surface area contributed by atoms with Gasteiger partial charge < -0.3 is 4.42 Å². The van der Waals surface area contributed by atoms with E-state index >= 15 is 0 Å². The van der Waals surface area contributed by atoms with E-state index in [-0.39, 0.29) is 35.3 Å². The lowest BCUT2D eigenvalue weighted by Crippen LogP contribution is -1.98. The zero-order chi connectivity index (χ0) is 33.8. The summed E-state index contributed by atoms with van der Waals surface area (Å²) in [5.74, 6) is 0. The van der Waals surface area contributed by atoms with Crippen molar-refractivity contribution in [3.63, 3.8) is 0 Å². The van der Waals surface area contributed by atoms with E-state index in [0.717, 1.165) is 60.5 Å². The molecule has 0 saturated carbocycles. The van der Waals surface area contributed by atoms with Gasteiger partial charge in [-0.15, -0.1) is 0 Å². The zero-order valence-electron chi connectivity index (χ0n) is 28.5. The normalized spacial score (nSPS) is 12.5. The van der Waals surface area contributed by atoms with E-state index in [9.17, 15) is 2.74 Å². The van der Waals surface area contributed by atoms with Crippen molar-refractivity contribution >= 4 is 44.9 Å². The number of hydrogen-bond acceptors (Lipinski definition) is 1. The third-order valence-corrected chi connectivity index (χ3v) is 8.52. The molecular formula is C44H30O. The highest BCUT2D eigenvalue weighted by Crippen LogP contribution is 2.49. The van der Waals surface area contributed by atoms with E-state index in [1.165, 1.54) is 0 Å². The monoisotopic (exact) mass is 578 g/mol. The smallest absolute Gasteiger partial charge is 0.136 e. The topological polar surface area (TPSA) is 13.1 Å². The van der Waals surface area contributed by atoms with E-state index in [4.69, 9.17) is 7.16 Å². The van der Waals surface area contributed by atoms with Crippen LogP contribution in [0.15, 0.2) is 163 Å². The average Bonchev–Trinajstić information content (AvgIpc) is 3.53. The molecule has 0 aliphatic heterocycles. The molecule has 0 fully saturated rings. The average molecular weight is 579 g/mol. The van der Waals surface area contributed by atoms with Crippen molar-refractivity contribution in [1.82, 2.24) is 0 Å². The largest absolute Gasteiger partial charge is 0.456 e. The molecule has 1 heteroatoms. The predicted octanol–water partition coefficient (Wildman–Crippen LogP) is 12.7. The lowest BCUT2D eigenvalue weighted by Gasteiger charge is -2.22. The molecule has 1 aromatic heterocycles. The Morgan fingerprint density at radius 1 is 0.444 bits per heavy atom. The molecule has 0 N–H and O–H groups in total. The van der Waals surface area contributed by atoms with Crippen molar-refractivity contribution in [2.24, 2.45) is 0 Å². The molecule has 0 bridgehead atoms. The van der Waals surface area contributed by atoms with Crippen molar-refractivity contribution in [3.05, 3.63) is 170 Å². The number of fused-ring (bicyclic) bond motifs is 4. The van der Waals surface area contributed by atoms with Crippen molar-refractivity contribution in [3.8, 4) is 44.5 Å². The number of rotatable bonds is 6. The second-order valence-corrected chi connectivity index (χ2v) is 11.0. The molecule has 212 valence electrons. The van der Waals surface area contributed by atoms with Gasteiger partial charge in [0.1, 0.15) is 11.2 Å². The first-order valence-corrected chi connectivity index (χ1v) is 14.9. The Kier molecular flexibility index (Phi) is 5.51. The van der Waals surface area contributed by atoms with Gasteiger partial charge in [-0.2, -0.15) is 0 Å². The molecule has 0 saturated heterocycles. The van der Waals surface area contributed by atoms with E-state index in [1.54, 1.807) is 6.08 Å². The highest BCUT2D eigenvalue weighted by Gasteiger charge is 2.24. The highest BCUT2D eigenvalue weighted by atomic mass is 16.3. The SMILES string of the molecule is [2H]c1c([2H])c(-c2c(C=C)c(C=C)c(-c3c(-c4ccccc4)ccc4oc5ccccc5c34)c3ccccc23)c([2H])c([2H])c1-c1ccccc1. The van der Waals surface area contributed by atoms with Gasteiger partial charge in [-0.3, -0.25) is 0 Å². The minimum Gasteiger partial charge on any atom is -0.456 e. The van der Waals surface area contributed by atoms with Gasteiger partial charge in [0.15, 0.2) is 0 Å². The van der Waals surface area contributed by atoms with Crippen LogP contribution in [0, 0.1) is 0 Å². The Balaban J connectivity index is 1.56. The van der Waals surface area contributed by atoms with Crippen LogP contribution in [0.2, 0.25) is 0 Å². The Morgan fingerprint density at radius 2 is 0.978 bits per heavy atom. The molecule has 0 aliphatic rings. The summed E-state index contributed by atoms with van der Waals surface area (Å²) >= 11 is 0. The van der Waals surface area contributed by atoms with Crippen LogP contribution in [-0.2, 0) is 0 Å². The van der Waals surface area contributed by atoms with Crippen LogP contribution in [0.5, 0.6) is 0 Å². The lowest BCUT2D eigenvalue weighted by molar-refractivity contribution is 0.669. The molecule has 8 aromatic rings. The van der Waals surface area contributed by atoms with Crippen molar-refractivity contribution < 1.29 is 9.90 Å². The van der Waals surface area contributed by atoms with Crippen LogP contribution in [0.4, 0.5) is 0 Å². The molecule has 0 aliphatic carbocycles. The number of furan rings is 1. The van der Waals surface area contributed by atoms with E-state index in [1.807, 2.05) is 97.1 Å². The molecule has 0 atom stereocenters. The summed E-state index contributed by atoms with van der Waals surface area (Å²) in [6.45, 7) is 8.53. The summed E-state index contributed by atoms with van der Waals surface area (Å²) in [5, 5.41) is 3.64. The Labute approximate surface area is 268 Å². The number of hydrogen-bond donors (Lipinski definition) is 0. The van der Waals surface area contributed by atoms with Crippen molar-refractivity contribution in [2.75, 3.05) is 0 Å². The summed E-state index contributed by atoms with van der Waals surface area (Å²) in [6, 6.07) is 39.2. The van der Waals surface area contributed by atoms with E-state index in [2.05, 4.69) is 43.5 Å². The quantitative estimate of drug-likeness (QED) is 0.191. The van der Waals surface area contributed by atoms with Crippen LogP contribution in [0.25, 0.3) is 89.4 Å². The van der Waals surface area contributed by atoms with Crippen LogP contribution < -0.4 is 0 Å². The van der Waals surface area contributed by atoms with E-state index in [0.29, 0.717) is 16.7 Å². The predicted molar refractivity (Wildman–Crippen MR) is 193 cm³/mol. The van der Waals surface area contributed by atoms with Crippen molar-refractivity contribution in [2.45, 2.75) is 0 Å². The standard InChI is InChI=1S/C44H30O/c1-3-33-34(4-2)42(37-20-12-11-19-36(37)41(33)32-25-23-30(24-26-32)29-15-7-5-8-16-29)44-35(31-17-9-6-10-18-31)27-28-40-43(44)38-21-13-14-22-39(38)45-40/h3-28H,1-2H2/i23D,24D,25D,26D. The van der Waals surface area contributed by atoms with Gasteiger partial charge in [0, 0.05) is 16.3 Å². The number of benzene rings is 7. The van der Waals surface area contributed by atoms with Crippen LogP contribution in [0.3, 0.4) is 0 Å². The minimum absolute atomic E-state index is 0.0912. The molecular weight excluding hydrogens is 544 g/mol. The maximum Gasteiger partial charge on any atom is 0.136 e. The molecule has 45 heavy (non-hydrogen) atoms. The van der Waals surface area contributed by atoms with Crippen molar-refractivity contribution in [1.29, 1.82) is 0 Å². The zero-order valence-corrected chi connectivity index (χ0v) is 24.5. The first-order chi connectivity index (χ1) is 23.9. The summed E-state index contributed by atoms with van der Waals surface area (Å²) in [5.41, 5.74) is 8.71. The number of para-hydroxylation sites is 1. The van der Waals surface area contributed by atoms with Gasteiger partial charge in [0.25, 0.3) is 0 Å². The second kappa shape index (κ2) is 11.0.